The zero-order valence-corrected chi connectivity index (χ0v) is 24.9. The molecular weight excluding hydrogens is 638 g/mol. The maximum Gasteiger partial charge on any atom is 0.335 e. The van der Waals surface area contributed by atoms with E-state index in [4.69, 9.17) is 23.2 Å². The van der Waals surface area contributed by atoms with E-state index in [1.807, 2.05) is 0 Å². The zero-order valence-electron chi connectivity index (χ0n) is 21.7. The maximum atomic E-state index is 14.7. The van der Waals surface area contributed by atoms with E-state index in [2.05, 4.69) is 0 Å². The number of benzene rings is 4. The second-order valence-electron chi connectivity index (χ2n) is 9.46. The van der Waals surface area contributed by atoms with Gasteiger partial charge in [-0.2, -0.15) is 0 Å². The highest BCUT2D eigenvalue weighted by atomic mass is 35.5. The Labute approximate surface area is 260 Å². The summed E-state index contributed by atoms with van der Waals surface area (Å²) in [6.45, 7) is 0. The van der Waals surface area contributed by atoms with Gasteiger partial charge in [0.2, 0.25) is 0 Å². The molecule has 0 aliphatic heterocycles. The number of aromatic nitrogens is 1. The third kappa shape index (κ3) is 5.38. The van der Waals surface area contributed by atoms with E-state index < -0.39 is 29.2 Å². The van der Waals surface area contributed by atoms with Gasteiger partial charge in [-0.25, -0.2) is 22.2 Å². The average molecular weight is 657 g/mol. The van der Waals surface area contributed by atoms with Crippen molar-refractivity contribution in [1.82, 2.24) is 3.97 Å². The quantitative estimate of drug-likeness (QED) is 0.186. The molecule has 216 valence electrons. The molecule has 2 heterocycles. The van der Waals surface area contributed by atoms with Crippen LogP contribution in [0.3, 0.4) is 0 Å². The molecule has 0 aliphatic carbocycles. The number of hydrogen-bond acceptors (Lipinski definition) is 3. The van der Waals surface area contributed by atoms with E-state index in [1.165, 1.54) is 34.3 Å². The van der Waals surface area contributed by atoms with Crippen molar-refractivity contribution in [1.29, 1.82) is 0 Å². The van der Waals surface area contributed by atoms with E-state index in [9.17, 15) is 27.3 Å². The molecule has 2 aromatic heterocycles. The molecule has 0 bridgehead atoms. The van der Waals surface area contributed by atoms with Gasteiger partial charge in [0.05, 0.1) is 26.5 Å². The molecule has 43 heavy (non-hydrogen) atoms. The molecule has 0 radical (unpaired) electrons. The molecule has 0 saturated heterocycles. The van der Waals surface area contributed by atoms with Crippen LogP contribution in [-0.4, -0.2) is 19.3 Å². The van der Waals surface area contributed by atoms with Crippen molar-refractivity contribution in [2.45, 2.75) is 11.3 Å². The van der Waals surface area contributed by atoms with Gasteiger partial charge in [0.1, 0.15) is 5.82 Å². The van der Waals surface area contributed by atoms with Crippen LogP contribution in [0.2, 0.25) is 10.0 Å². The molecular formula is C32H18Cl2F3NO3S2. The molecule has 1 atom stereocenters. The topological polar surface area (TPSA) is 59.3 Å². The zero-order chi connectivity index (χ0) is 30.4. The van der Waals surface area contributed by atoms with E-state index in [0.29, 0.717) is 48.8 Å². The SMILES string of the molecule is O=C(O)c1ccc(-c2cccc(-c3c(-c4ccsc4C(F)F)c4cc(F)ccc4n3S(=O)c3ccc(Cl)cc3)c2)c(Cl)c1. The van der Waals surface area contributed by atoms with Crippen LogP contribution >= 0.6 is 34.5 Å². The van der Waals surface area contributed by atoms with Gasteiger partial charge in [0, 0.05) is 37.7 Å². The number of carboxylic acids is 1. The lowest BCUT2D eigenvalue weighted by Gasteiger charge is -2.14. The van der Waals surface area contributed by atoms with Crippen LogP contribution in [0.4, 0.5) is 13.2 Å². The lowest BCUT2D eigenvalue weighted by atomic mass is 9.96. The minimum Gasteiger partial charge on any atom is -0.478 e. The predicted molar refractivity (Wildman–Crippen MR) is 166 cm³/mol. The van der Waals surface area contributed by atoms with E-state index in [-0.39, 0.29) is 21.0 Å². The Kier molecular flexibility index (Phi) is 7.91. The number of alkyl halides is 2. The third-order valence-electron chi connectivity index (χ3n) is 6.89. The Bertz CT molecular complexity index is 2060. The number of thiophene rings is 1. The van der Waals surface area contributed by atoms with Gasteiger partial charge in [-0.05, 0) is 77.7 Å². The fraction of sp³-hybridized carbons (Fsp3) is 0.0312. The van der Waals surface area contributed by atoms with Crippen LogP contribution in [0, 0.1) is 5.82 Å². The minimum atomic E-state index is -2.80. The molecule has 0 fully saturated rings. The summed E-state index contributed by atoms with van der Waals surface area (Å²) in [6.07, 6.45) is -2.80. The molecule has 11 heteroatoms. The van der Waals surface area contributed by atoms with Crippen molar-refractivity contribution in [3.63, 3.8) is 0 Å². The van der Waals surface area contributed by atoms with Crippen LogP contribution in [0.15, 0.2) is 101 Å². The highest BCUT2D eigenvalue weighted by Gasteiger charge is 2.28. The van der Waals surface area contributed by atoms with Gasteiger partial charge in [0.25, 0.3) is 6.43 Å². The molecule has 4 aromatic carbocycles. The number of fused-ring (bicyclic) bond motifs is 1. The second-order valence-corrected chi connectivity index (χ2v) is 12.6. The van der Waals surface area contributed by atoms with Crippen molar-refractivity contribution in [2.75, 3.05) is 0 Å². The van der Waals surface area contributed by atoms with Gasteiger partial charge in [0.15, 0.2) is 11.0 Å². The normalized spacial score (nSPS) is 12.2. The summed E-state index contributed by atoms with van der Waals surface area (Å²) in [5, 5.41) is 11.8. The number of rotatable bonds is 7. The third-order valence-corrected chi connectivity index (χ3v) is 9.77. The Morgan fingerprint density at radius 1 is 0.884 bits per heavy atom. The molecule has 0 aliphatic rings. The second kappa shape index (κ2) is 11.7. The number of aromatic carboxylic acids is 1. The monoisotopic (exact) mass is 655 g/mol. The molecule has 0 amide bonds. The Morgan fingerprint density at radius 3 is 2.33 bits per heavy atom. The summed E-state index contributed by atoms with van der Waals surface area (Å²) >= 11 is 13.4. The lowest BCUT2D eigenvalue weighted by molar-refractivity contribution is 0.0697. The summed E-state index contributed by atoms with van der Waals surface area (Å²) < 4.78 is 59.0. The van der Waals surface area contributed by atoms with Gasteiger partial charge in [-0.3, -0.25) is 3.97 Å². The molecule has 6 aromatic rings. The first-order chi connectivity index (χ1) is 20.6. The Morgan fingerprint density at radius 2 is 1.63 bits per heavy atom. The highest BCUT2D eigenvalue weighted by molar-refractivity contribution is 7.83. The van der Waals surface area contributed by atoms with Crippen molar-refractivity contribution in [3.8, 4) is 33.5 Å². The molecule has 6 rings (SSSR count). The number of nitrogens with zero attached hydrogens (tertiary/aromatic N) is 1. The summed E-state index contributed by atoms with van der Waals surface area (Å²) in [4.78, 5) is 11.6. The smallest absolute Gasteiger partial charge is 0.335 e. The average Bonchev–Trinajstić information content (AvgIpc) is 3.60. The molecule has 4 nitrogen and oxygen atoms in total. The number of hydrogen-bond donors (Lipinski definition) is 1. The van der Waals surface area contributed by atoms with Gasteiger partial charge < -0.3 is 5.11 Å². The molecule has 1 unspecified atom stereocenters. The first kappa shape index (κ1) is 29.2. The molecule has 0 spiro atoms. The van der Waals surface area contributed by atoms with Crippen molar-refractivity contribution >= 4 is 62.4 Å². The summed E-state index contributed by atoms with van der Waals surface area (Å²) in [7, 11) is -1.91. The first-order valence-corrected chi connectivity index (χ1v) is 15.4. The molecule has 0 saturated carbocycles. The Balaban J connectivity index is 1.68. The van der Waals surface area contributed by atoms with E-state index in [0.717, 1.165) is 11.3 Å². The van der Waals surface area contributed by atoms with Crippen LogP contribution in [0.1, 0.15) is 21.7 Å². The fourth-order valence-electron chi connectivity index (χ4n) is 5.01. The maximum absolute atomic E-state index is 14.7. The highest BCUT2D eigenvalue weighted by Crippen LogP contribution is 2.47. The van der Waals surface area contributed by atoms with Gasteiger partial charge >= 0.3 is 5.97 Å². The van der Waals surface area contributed by atoms with Crippen LogP contribution in [-0.2, 0) is 11.0 Å². The number of halogens is 5. The summed E-state index contributed by atoms with van der Waals surface area (Å²) in [5.74, 6) is -1.71. The number of carboxylic acid groups (broad SMARTS) is 1. The van der Waals surface area contributed by atoms with Crippen molar-refractivity contribution < 1.29 is 27.3 Å². The fourth-order valence-corrected chi connectivity index (χ4v) is 7.46. The predicted octanol–water partition coefficient (Wildman–Crippen LogP) is 10.4. The van der Waals surface area contributed by atoms with Gasteiger partial charge in [-0.15, -0.1) is 11.3 Å². The van der Waals surface area contributed by atoms with Crippen molar-refractivity contribution in [2.24, 2.45) is 0 Å². The van der Waals surface area contributed by atoms with Crippen molar-refractivity contribution in [3.05, 3.63) is 123 Å². The standard InChI is InChI=1S/C32H18Cl2F3NO3S2/c33-20-5-8-22(9-6-20)43(41)38-27-11-7-21(35)16-25(27)28(24-12-13-42-30(24)31(36)37)29(38)18-3-1-2-17(14-18)23-10-4-19(32(39)40)15-26(23)34/h1-16,31H,(H,39,40). The lowest BCUT2D eigenvalue weighted by Crippen LogP contribution is -2.07. The van der Waals surface area contributed by atoms with Crippen LogP contribution in [0.5, 0.6) is 0 Å². The first-order valence-electron chi connectivity index (χ1n) is 12.7. The van der Waals surface area contributed by atoms with Crippen LogP contribution in [0.25, 0.3) is 44.4 Å². The van der Waals surface area contributed by atoms with E-state index >= 15 is 0 Å². The number of carbonyl (C=O) groups is 1. The Hall–Kier alpha value is -3.89. The molecule has 1 N–H and O–H groups in total. The van der Waals surface area contributed by atoms with Gasteiger partial charge in [-0.1, -0.05) is 47.5 Å². The van der Waals surface area contributed by atoms with Crippen LogP contribution < -0.4 is 0 Å². The van der Waals surface area contributed by atoms with E-state index in [1.54, 1.807) is 66.0 Å². The summed E-state index contributed by atoms with van der Waals surface area (Å²) in [5.41, 5.74) is 2.86. The summed E-state index contributed by atoms with van der Waals surface area (Å²) in [6, 6.07) is 23.2. The minimum absolute atomic E-state index is 0.0182. The largest absolute Gasteiger partial charge is 0.478 e.